The predicted molar refractivity (Wildman–Crippen MR) is 87.5 cm³/mol. The van der Waals surface area contributed by atoms with E-state index in [2.05, 4.69) is 11.6 Å². The maximum absolute atomic E-state index is 10.2. The molecule has 0 aliphatic heterocycles. The molecule has 0 saturated heterocycles. The highest BCUT2D eigenvalue weighted by Gasteiger charge is 2.30. The van der Waals surface area contributed by atoms with Crippen LogP contribution in [0, 0.1) is 5.41 Å². The van der Waals surface area contributed by atoms with Crippen LogP contribution in [0.1, 0.15) is 27.2 Å². The van der Waals surface area contributed by atoms with Crippen molar-refractivity contribution in [3.8, 4) is 0 Å². The molecule has 0 spiro atoms. The van der Waals surface area contributed by atoms with Crippen LogP contribution in [-0.4, -0.2) is 56.7 Å². The lowest BCUT2D eigenvalue weighted by Gasteiger charge is -2.36. The largest absolute Gasteiger partial charge is 0.509 e. The fourth-order valence-electron chi connectivity index (χ4n) is 2.08. The zero-order valence-electron chi connectivity index (χ0n) is 13.3. The zero-order chi connectivity index (χ0) is 17.4. The zero-order valence-corrected chi connectivity index (χ0v) is 13.3. The minimum Gasteiger partial charge on any atom is -0.509 e. The Morgan fingerprint density at radius 1 is 1.45 bits per heavy atom. The van der Waals surface area contributed by atoms with Crippen LogP contribution in [0.2, 0.25) is 0 Å². The summed E-state index contributed by atoms with van der Waals surface area (Å²) in [7, 11) is 0. The van der Waals surface area contributed by atoms with Gasteiger partial charge in [0.2, 0.25) is 0 Å². The van der Waals surface area contributed by atoms with Gasteiger partial charge in [0.25, 0.3) is 0 Å². The van der Waals surface area contributed by atoms with Gasteiger partial charge in [0.15, 0.2) is 5.84 Å². The van der Waals surface area contributed by atoms with E-state index >= 15 is 0 Å². The lowest BCUT2D eigenvalue weighted by molar-refractivity contribution is -0.0133. The van der Waals surface area contributed by atoms with Crippen molar-refractivity contribution < 1.29 is 15.3 Å². The van der Waals surface area contributed by atoms with E-state index < -0.39 is 18.2 Å². The third-order valence-corrected chi connectivity index (χ3v) is 3.12. The van der Waals surface area contributed by atoms with Crippen molar-refractivity contribution in [3.63, 3.8) is 0 Å². The van der Waals surface area contributed by atoms with Crippen LogP contribution in [-0.2, 0) is 0 Å². The molecule has 0 aliphatic carbocycles. The Hall–Kier alpha value is -1.90. The van der Waals surface area contributed by atoms with Crippen molar-refractivity contribution in [1.82, 2.24) is 4.90 Å². The number of hydrogen-bond acceptors (Lipinski definition) is 6. The maximum atomic E-state index is 10.2. The molecule has 0 aromatic heterocycles. The van der Waals surface area contributed by atoms with Crippen LogP contribution < -0.4 is 11.5 Å². The van der Waals surface area contributed by atoms with E-state index in [1.165, 1.54) is 24.9 Å². The number of rotatable bonds is 8. The molecule has 0 bridgehead atoms. The van der Waals surface area contributed by atoms with Crippen LogP contribution >= 0.6 is 0 Å². The summed E-state index contributed by atoms with van der Waals surface area (Å²) in [5.74, 6) is -0.418. The molecule has 0 aromatic rings. The number of nitrogens with one attached hydrogen (secondary N) is 1. The number of amidine groups is 2. The summed E-state index contributed by atoms with van der Waals surface area (Å²) in [5.41, 5.74) is 11.4. The second kappa shape index (κ2) is 9.19. The molecule has 0 aliphatic rings. The SMILES string of the molecule is C=CN(C(C(N)=NC(C)=N)=C(O)CN)C(CC)C(O)C(C)O. The van der Waals surface area contributed by atoms with Gasteiger partial charge in [-0.2, -0.15) is 0 Å². The van der Waals surface area contributed by atoms with Gasteiger partial charge in [-0.25, -0.2) is 4.99 Å². The fraction of sp³-hybridized carbons (Fsp3) is 0.571. The lowest BCUT2D eigenvalue weighted by atomic mass is 10.0. The third kappa shape index (κ3) is 5.14. The number of aliphatic imine (C=N–C) groups is 1. The highest BCUT2D eigenvalue weighted by molar-refractivity contribution is 6.03. The van der Waals surface area contributed by atoms with Gasteiger partial charge in [0.05, 0.1) is 18.7 Å². The smallest absolute Gasteiger partial charge is 0.153 e. The van der Waals surface area contributed by atoms with Crippen molar-refractivity contribution in [2.45, 2.75) is 45.4 Å². The summed E-state index contributed by atoms with van der Waals surface area (Å²) in [6.45, 7) is 8.15. The topological polar surface area (TPSA) is 152 Å². The second-order valence-electron chi connectivity index (χ2n) is 4.88. The quantitative estimate of drug-likeness (QED) is 0.211. The third-order valence-electron chi connectivity index (χ3n) is 3.12. The number of aliphatic hydroxyl groups excluding tert-OH is 3. The van der Waals surface area contributed by atoms with E-state index in [0.29, 0.717) is 6.42 Å². The van der Waals surface area contributed by atoms with E-state index in [1.54, 1.807) is 6.92 Å². The van der Waals surface area contributed by atoms with Crippen LogP contribution in [0.5, 0.6) is 0 Å². The molecule has 8 N–H and O–H groups in total. The van der Waals surface area contributed by atoms with Gasteiger partial charge in [-0.1, -0.05) is 13.5 Å². The molecule has 3 unspecified atom stereocenters. The van der Waals surface area contributed by atoms with Crippen molar-refractivity contribution in [2.75, 3.05) is 6.54 Å². The Morgan fingerprint density at radius 3 is 2.32 bits per heavy atom. The Morgan fingerprint density at radius 2 is 2.00 bits per heavy atom. The normalized spacial score (nSPS) is 17.3. The predicted octanol–water partition coefficient (Wildman–Crippen LogP) is 0.0349. The molecule has 8 nitrogen and oxygen atoms in total. The number of hydrogen-bond donors (Lipinski definition) is 6. The first-order chi connectivity index (χ1) is 10.2. The molecule has 0 heterocycles. The van der Waals surface area contributed by atoms with Gasteiger partial charge in [-0.15, -0.1) is 0 Å². The maximum Gasteiger partial charge on any atom is 0.153 e. The van der Waals surface area contributed by atoms with E-state index in [4.69, 9.17) is 16.9 Å². The van der Waals surface area contributed by atoms with Gasteiger partial charge in [0.1, 0.15) is 23.4 Å². The highest BCUT2D eigenvalue weighted by Crippen LogP contribution is 2.20. The molecule has 0 fully saturated rings. The highest BCUT2D eigenvalue weighted by atomic mass is 16.3. The first-order valence-electron chi connectivity index (χ1n) is 7.00. The summed E-state index contributed by atoms with van der Waals surface area (Å²) >= 11 is 0. The van der Waals surface area contributed by atoms with Crippen molar-refractivity contribution in [3.05, 3.63) is 24.2 Å². The molecule has 126 valence electrons. The van der Waals surface area contributed by atoms with E-state index in [0.717, 1.165) is 0 Å². The van der Waals surface area contributed by atoms with Gasteiger partial charge >= 0.3 is 0 Å². The minimum atomic E-state index is -1.10. The molecule has 8 heteroatoms. The number of nitrogens with two attached hydrogens (primary N) is 2. The van der Waals surface area contributed by atoms with Crippen molar-refractivity contribution >= 4 is 11.7 Å². The van der Waals surface area contributed by atoms with E-state index in [9.17, 15) is 15.3 Å². The molecular weight excluding hydrogens is 286 g/mol. The summed E-state index contributed by atoms with van der Waals surface area (Å²) < 4.78 is 0. The molecule has 0 rings (SSSR count). The Kier molecular flexibility index (Phi) is 8.39. The standard InChI is InChI=1S/C14H27N5O3/c1-5-10(13(22)8(3)20)19(6-2)12(11(21)7-15)14(17)18-9(4)16/h6,8,10,13,20-22H,2,5,7,15H2,1,3-4H3,(H3,16,17,18). The second-order valence-corrected chi connectivity index (χ2v) is 4.88. The Labute approximate surface area is 131 Å². The van der Waals surface area contributed by atoms with Crippen molar-refractivity contribution in [1.29, 1.82) is 5.41 Å². The lowest BCUT2D eigenvalue weighted by Crippen LogP contribution is -2.47. The molecule has 0 radical (unpaired) electrons. The summed E-state index contributed by atoms with van der Waals surface area (Å²) in [6, 6.07) is -0.596. The molecule has 0 aromatic carbocycles. The van der Waals surface area contributed by atoms with Crippen LogP contribution in [0.15, 0.2) is 29.2 Å². The number of aliphatic hydroxyl groups is 3. The Bertz CT molecular complexity index is 459. The average molecular weight is 313 g/mol. The van der Waals surface area contributed by atoms with Gasteiger partial charge in [-0.05, 0) is 26.5 Å². The molecular formula is C14H27N5O3. The molecule has 0 saturated carbocycles. The van der Waals surface area contributed by atoms with E-state index in [-0.39, 0.29) is 29.7 Å². The van der Waals surface area contributed by atoms with Gasteiger partial charge in [-0.3, -0.25) is 5.41 Å². The minimum absolute atomic E-state index is 0.0482. The summed E-state index contributed by atoms with van der Waals surface area (Å²) in [4.78, 5) is 5.23. The van der Waals surface area contributed by atoms with Crippen molar-refractivity contribution in [2.24, 2.45) is 16.5 Å². The van der Waals surface area contributed by atoms with Gasteiger partial charge in [0, 0.05) is 0 Å². The van der Waals surface area contributed by atoms with Crippen LogP contribution in [0.4, 0.5) is 0 Å². The fourth-order valence-corrected chi connectivity index (χ4v) is 2.08. The van der Waals surface area contributed by atoms with Crippen LogP contribution in [0.25, 0.3) is 0 Å². The molecule has 22 heavy (non-hydrogen) atoms. The number of nitrogens with zero attached hydrogens (tertiary/aromatic N) is 2. The van der Waals surface area contributed by atoms with E-state index in [1.807, 2.05) is 0 Å². The first-order valence-corrected chi connectivity index (χ1v) is 7.00. The van der Waals surface area contributed by atoms with Gasteiger partial charge < -0.3 is 31.7 Å². The van der Waals surface area contributed by atoms with Crippen LogP contribution in [0.3, 0.4) is 0 Å². The first kappa shape index (κ1) is 20.1. The molecule has 0 amide bonds. The average Bonchev–Trinajstić information content (AvgIpc) is 2.44. The molecule has 3 atom stereocenters. The summed E-state index contributed by atoms with van der Waals surface area (Å²) in [6.07, 6.45) is -0.285. The summed E-state index contributed by atoms with van der Waals surface area (Å²) in [5, 5.41) is 37.2. The Balaban J connectivity index is 5.98. The monoisotopic (exact) mass is 313 g/mol.